The van der Waals surface area contributed by atoms with Gasteiger partial charge in [-0.05, 0) is 82.3 Å². The zero-order valence-corrected chi connectivity index (χ0v) is 25.3. The average Bonchev–Trinajstić information content (AvgIpc) is 3.11. The fraction of sp³-hybridized carbons (Fsp3) is 0.0500. The Balaban J connectivity index is 1.33. The van der Waals surface area contributed by atoms with Gasteiger partial charge < -0.3 is 9.57 Å². The number of hydrogen-bond donors (Lipinski definition) is 0. The maximum Gasteiger partial charge on any atom is 0.197 e. The summed E-state index contributed by atoms with van der Waals surface area (Å²) in [6, 6.07) is 43.2. The first-order valence-corrected chi connectivity index (χ1v) is 14.7. The van der Waals surface area contributed by atoms with Gasteiger partial charge in [0.2, 0.25) is 0 Å². The molecule has 0 N–H and O–H groups in total. The minimum Gasteiger partial charge on any atom is -0.496 e. The maximum absolute atomic E-state index is 13.6. The monoisotopic (exact) mass is 603 g/mol. The molecule has 0 bridgehead atoms. The first-order chi connectivity index (χ1) is 22.5. The molecule has 0 spiro atoms. The van der Waals surface area contributed by atoms with Crippen molar-refractivity contribution in [3.63, 3.8) is 0 Å². The van der Waals surface area contributed by atoms with Crippen LogP contribution in [0.15, 0.2) is 145 Å². The number of nitrogens with zero attached hydrogens (tertiary/aromatic N) is 1. The molecule has 0 aromatic heterocycles. The Hall–Kier alpha value is -6.14. The summed E-state index contributed by atoms with van der Waals surface area (Å²) in [7, 11) is 1.57. The van der Waals surface area contributed by atoms with E-state index < -0.39 is 0 Å². The minimum atomic E-state index is -0.265. The van der Waals surface area contributed by atoms with E-state index in [-0.39, 0.29) is 22.9 Å². The van der Waals surface area contributed by atoms with Gasteiger partial charge in [0.25, 0.3) is 0 Å². The average molecular weight is 604 g/mol. The van der Waals surface area contributed by atoms with Gasteiger partial charge in [-0.1, -0.05) is 103 Å². The number of methoxy groups -OCH3 is 1. The third-order valence-corrected chi connectivity index (χ3v) is 7.96. The van der Waals surface area contributed by atoms with Crippen molar-refractivity contribution < 1.29 is 19.2 Å². The molecule has 0 fully saturated rings. The van der Waals surface area contributed by atoms with Crippen molar-refractivity contribution in [1.82, 2.24) is 0 Å². The van der Waals surface area contributed by atoms with Crippen LogP contribution in [0.4, 0.5) is 0 Å². The number of carbonyl (C=O) groups is 2. The van der Waals surface area contributed by atoms with Crippen molar-refractivity contribution in [1.29, 1.82) is 0 Å². The molecule has 0 aliphatic heterocycles. The molecule has 6 nitrogen and oxygen atoms in total. The van der Waals surface area contributed by atoms with Crippen LogP contribution in [-0.2, 0) is 0 Å². The van der Waals surface area contributed by atoms with Crippen molar-refractivity contribution in [2.45, 2.75) is 6.92 Å². The van der Waals surface area contributed by atoms with E-state index >= 15 is 0 Å². The lowest BCUT2D eigenvalue weighted by Gasteiger charge is -2.13. The van der Waals surface area contributed by atoms with E-state index in [0.717, 1.165) is 38.9 Å². The molecule has 224 valence electrons. The number of aryl methyl sites for hydroxylation is 1. The van der Waals surface area contributed by atoms with Crippen molar-refractivity contribution in [3.8, 4) is 44.9 Å². The van der Waals surface area contributed by atoms with Crippen LogP contribution < -0.4 is 9.57 Å². The van der Waals surface area contributed by atoms with Crippen LogP contribution in [0.5, 0.6) is 11.5 Å². The minimum absolute atomic E-state index is 0.0873. The molecule has 0 heterocycles. The molecule has 0 aliphatic carbocycles. The van der Waals surface area contributed by atoms with E-state index in [1.807, 2.05) is 104 Å². The highest BCUT2D eigenvalue weighted by atomic mass is 16.7. The fourth-order valence-electron chi connectivity index (χ4n) is 5.54. The summed E-state index contributed by atoms with van der Waals surface area (Å²) in [5.74, 6) is 0.249. The molecule has 6 aromatic carbocycles. The topological polar surface area (TPSA) is 82.0 Å². The summed E-state index contributed by atoms with van der Waals surface area (Å²) in [6.07, 6.45) is 0. The quantitative estimate of drug-likeness (QED) is 0.0885. The second-order valence-electron chi connectivity index (χ2n) is 10.8. The highest BCUT2D eigenvalue weighted by molar-refractivity contribution is 6.12. The van der Waals surface area contributed by atoms with E-state index in [2.05, 4.69) is 11.4 Å². The number of rotatable bonds is 10. The molecule has 0 saturated heterocycles. The predicted octanol–water partition coefficient (Wildman–Crippen LogP) is 9.53. The van der Waals surface area contributed by atoms with E-state index in [0.29, 0.717) is 22.4 Å². The summed E-state index contributed by atoms with van der Waals surface area (Å²) in [5.41, 5.74) is 8.17. The zero-order chi connectivity index (χ0) is 32.0. The van der Waals surface area contributed by atoms with Gasteiger partial charge in [-0.15, -0.1) is 4.91 Å². The molecule has 6 aromatic rings. The van der Waals surface area contributed by atoms with Crippen molar-refractivity contribution in [3.05, 3.63) is 172 Å². The molecule has 0 amide bonds. The third kappa shape index (κ3) is 6.10. The zero-order valence-electron chi connectivity index (χ0n) is 25.3. The summed E-state index contributed by atoms with van der Waals surface area (Å²) >= 11 is 0. The van der Waals surface area contributed by atoms with Gasteiger partial charge in [0.1, 0.15) is 5.75 Å². The highest BCUT2D eigenvalue weighted by Crippen LogP contribution is 2.34. The third-order valence-electron chi connectivity index (χ3n) is 7.96. The van der Waals surface area contributed by atoms with Crippen molar-refractivity contribution in [2.75, 3.05) is 7.11 Å². The molecule has 6 rings (SSSR count). The molecule has 6 heteroatoms. The van der Waals surface area contributed by atoms with E-state index in [4.69, 9.17) is 9.57 Å². The first kappa shape index (κ1) is 29.9. The standard InChI is InChI=1S/C40H29NO5/c1-26-10-6-7-17-34(26)40(43)36-24-32(19-21-37(36)45-2)30-15-8-13-28(22-30)29-14-9-16-31(23-29)33-18-20-35(38(25-33)46-41-44)39(42)27-11-4-3-5-12-27/h3-25H,1-2H3. The van der Waals surface area contributed by atoms with Gasteiger partial charge in [-0.25, -0.2) is 0 Å². The van der Waals surface area contributed by atoms with Crippen LogP contribution in [0.3, 0.4) is 0 Å². The Labute approximate surface area is 266 Å². The second kappa shape index (κ2) is 13.2. The Morgan fingerprint density at radius 3 is 1.67 bits per heavy atom. The van der Waals surface area contributed by atoms with Gasteiger partial charge >= 0.3 is 0 Å². The van der Waals surface area contributed by atoms with Gasteiger partial charge in [-0.2, -0.15) is 0 Å². The summed E-state index contributed by atoms with van der Waals surface area (Å²) in [4.78, 5) is 42.8. The van der Waals surface area contributed by atoms with Gasteiger partial charge in [-0.3, -0.25) is 9.59 Å². The Bertz CT molecular complexity index is 2080. The molecular weight excluding hydrogens is 574 g/mol. The van der Waals surface area contributed by atoms with Gasteiger partial charge in [0, 0.05) is 11.1 Å². The second-order valence-corrected chi connectivity index (χ2v) is 10.8. The SMILES string of the molecule is COc1ccc(-c2cccc(-c3cccc(-c4ccc(C(=O)c5ccccc5)c(ON=O)c4)c3)c2)cc1C(=O)c1ccccc1C. The predicted molar refractivity (Wildman–Crippen MR) is 180 cm³/mol. The highest BCUT2D eigenvalue weighted by Gasteiger charge is 2.19. The largest absolute Gasteiger partial charge is 0.496 e. The Kier molecular flexibility index (Phi) is 8.61. The molecule has 46 heavy (non-hydrogen) atoms. The molecule has 0 saturated carbocycles. The van der Waals surface area contributed by atoms with Crippen molar-refractivity contribution >= 4 is 11.6 Å². The fourth-order valence-corrected chi connectivity index (χ4v) is 5.54. The van der Waals surface area contributed by atoms with Crippen LogP contribution in [0.25, 0.3) is 33.4 Å². The number of hydrogen-bond acceptors (Lipinski definition) is 6. The molecule has 0 atom stereocenters. The Morgan fingerprint density at radius 1 is 0.500 bits per heavy atom. The number of ketones is 2. The summed E-state index contributed by atoms with van der Waals surface area (Å²) < 4.78 is 5.56. The molecule has 0 aliphatic rings. The lowest BCUT2D eigenvalue weighted by Crippen LogP contribution is -2.06. The summed E-state index contributed by atoms with van der Waals surface area (Å²) in [6.45, 7) is 1.92. The lowest BCUT2D eigenvalue weighted by molar-refractivity contribution is 0.102. The van der Waals surface area contributed by atoms with Crippen LogP contribution in [-0.4, -0.2) is 18.7 Å². The van der Waals surface area contributed by atoms with Crippen LogP contribution in [0, 0.1) is 11.8 Å². The molecule has 0 unspecified atom stereocenters. The van der Waals surface area contributed by atoms with Crippen LogP contribution >= 0.6 is 0 Å². The lowest BCUT2D eigenvalue weighted by atomic mass is 9.93. The van der Waals surface area contributed by atoms with Crippen LogP contribution in [0.2, 0.25) is 0 Å². The number of benzene rings is 6. The Morgan fingerprint density at radius 2 is 1.07 bits per heavy atom. The van der Waals surface area contributed by atoms with E-state index in [1.54, 1.807) is 43.5 Å². The molecular formula is C40H29NO5. The van der Waals surface area contributed by atoms with Gasteiger partial charge in [0.15, 0.2) is 22.7 Å². The maximum atomic E-state index is 13.6. The normalized spacial score (nSPS) is 10.7. The number of ether oxygens (including phenoxy) is 1. The summed E-state index contributed by atoms with van der Waals surface area (Å²) in [5, 5.41) is 2.60. The smallest absolute Gasteiger partial charge is 0.197 e. The molecule has 0 radical (unpaired) electrons. The van der Waals surface area contributed by atoms with E-state index in [1.165, 1.54) is 0 Å². The van der Waals surface area contributed by atoms with E-state index in [9.17, 15) is 14.5 Å². The number of carbonyl (C=O) groups excluding carboxylic acids is 2. The van der Waals surface area contributed by atoms with Gasteiger partial charge in [0.05, 0.1) is 18.2 Å². The van der Waals surface area contributed by atoms with Crippen molar-refractivity contribution in [2.24, 2.45) is 5.34 Å². The first-order valence-electron chi connectivity index (χ1n) is 14.7. The van der Waals surface area contributed by atoms with Crippen LogP contribution in [0.1, 0.15) is 37.4 Å².